The van der Waals surface area contributed by atoms with Gasteiger partial charge >= 0.3 is 0 Å². The van der Waals surface area contributed by atoms with Crippen molar-refractivity contribution in [1.82, 2.24) is 9.80 Å². The molecule has 0 aliphatic carbocycles. The van der Waals surface area contributed by atoms with Crippen molar-refractivity contribution in [2.45, 2.75) is 12.5 Å². The van der Waals surface area contributed by atoms with Crippen LogP contribution in [0.2, 0.25) is 0 Å². The lowest BCUT2D eigenvalue weighted by atomic mass is 10.00. The van der Waals surface area contributed by atoms with Gasteiger partial charge in [0.15, 0.2) is 9.84 Å². The second kappa shape index (κ2) is 7.11. The van der Waals surface area contributed by atoms with Gasteiger partial charge in [-0.25, -0.2) is 8.42 Å². The zero-order valence-corrected chi connectivity index (χ0v) is 14.7. The average Bonchev–Trinajstić information content (AvgIpc) is 2.50. The summed E-state index contributed by atoms with van der Waals surface area (Å²) >= 11 is 0. The predicted octanol–water partition coefficient (Wildman–Crippen LogP) is 0.643. The van der Waals surface area contributed by atoms with Gasteiger partial charge in [-0.2, -0.15) is 0 Å². The van der Waals surface area contributed by atoms with Gasteiger partial charge in [-0.05, 0) is 19.2 Å². The maximum Gasteiger partial charge on any atom is 0.224 e. The van der Waals surface area contributed by atoms with Crippen LogP contribution in [-0.2, 0) is 14.6 Å². The van der Waals surface area contributed by atoms with Crippen LogP contribution < -0.4 is 4.74 Å². The molecule has 0 aromatic heterocycles. The first kappa shape index (κ1) is 17.2. The molecule has 2 saturated heterocycles. The zero-order valence-electron chi connectivity index (χ0n) is 13.9. The largest absolute Gasteiger partial charge is 0.493 e. The molecule has 1 aromatic rings. The Bertz CT molecular complexity index is 671. The third-order valence-corrected chi connectivity index (χ3v) is 6.47. The lowest BCUT2D eigenvalue weighted by Gasteiger charge is -2.41. The van der Waals surface area contributed by atoms with Gasteiger partial charge in [-0.15, -0.1) is 0 Å². The summed E-state index contributed by atoms with van der Waals surface area (Å²) in [7, 11) is -1.12. The summed E-state index contributed by atoms with van der Waals surface area (Å²) in [4.78, 5) is 16.1. The SMILES string of the molecule is CN1CCS(=O)(=O)CC1CC(=O)N1CC(COc2ccccc2)C1. The molecule has 24 heavy (non-hydrogen) atoms. The summed E-state index contributed by atoms with van der Waals surface area (Å²) in [5.74, 6) is 1.51. The summed E-state index contributed by atoms with van der Waals surface area (Å²) in [6, 6.07) is 9.44. The quantitative estimate of drug-likeness (QED) is 0.778. The number of sulfone groups is 1. The van der Waals surface area contributed by atoms with E-state index < -0.39 is 9.84 Å². The van der Waals surface area contributed by atoms with Crippen LogP contribution in [-0.4, -0.2) is 75.0 Å². The number of hydrogen-bond donors (Lipinski definition) is 0. The molecule has 0 bridgehead atoms. The summed E-state index contributed by atoms with van der Waals surface area (Å²) in [6.45, 7) is 2.49. The fourth-order valence-corrected chi connectivity index (χ4v) is 4.82. The maximum absolute atomic E-state index is 12.3. The highest BCUT2D eigenvalue weighted by Gasteiger charge is 2.35. The molecule has 1 amide bonds. The van der Waals surface area contributed by atoms with Gasteiger partial charge in [0, 0.05) is 38.0 Å². The van der Waals surface area contributed by atoms with Crippen molar-refractivity contribution in [3.8, 4) is 5.75 Å². The minimum absolute atomic E-state index is 0.0416. The van der Waals surface area contributed by atoms with Crippen LogP contribution >= 0.6 is 0 Å². The Morgan fingerprint density at radius 2 is 1.96 bits per heavy atom. The smallest absolute Gasteiger partial charge is 0.224 e. The van der Waals surface area contributed by atoms with Crippen molar-refractivity contribution >= 4 is 15.7 Å². The average molecular weight is 352 g/mol. The topological polar surface area (TPSA) is 66.9 Å². The highest BCUT2D eigenvalue weighted by atomic mass is 32.2. The molecule has 0 spiro atoms. The van der Waals surface area contributed by atoms with Crippen molar-refractivity contribution in [1.29, 1.82) is 0 Å². The third-order valence-electron chi connectivity index (χ3n) is 4.77. The number of carbonyl (C=O) groups excluding carboxylic acids is 1. The van der Waals surface area contributed by atoms with E-state index in [1.54, 1.807) is 4.90 Å². The van der Waals surface area contributed by atoms with E-state index in [1.807, 2.05) is 42.3 Å². The number of rotatable bonds is 5. The van der Waals surface area contributed by atoms with Crippen LogP contribution in [0.3, 0.4) is 0 Å². The van der Waals surface area contributed by atoms with Crippen molar-refractivity contribution in [3.63, 3.8) is 0 Å². The van der Waals surface area contributed by atoms with Gasteiger partial charge < -0.3 is 14.5 Å². The predicted molar refractivity (Wildman–Crippen MR) is 91.7 cm³/mol. The van der Waals surface area contributed by atoms with Crippen LogP contribution in [0, 0.1) is 5.92 Å². The molecule has 6 nitrogen and oxygen atoms in total. The molecule has 2 aliphatic rings. The standard InChI is InChI=1S/C17H24N2O4S/c1-18-7-8-24(21,22)13-15(18)9-17(20)19-10-14(11-19)12-23-16-5-3-2-4-6-16/h2-6,14-15H,7-13H2,1H3. The van der Waals surface area contributed by atoms with Crippen LogP contribution in [0.4, 0.5) is 0 Å². The maximum atomic E-state index is 12.3. The lowest BCUT2D eigenvalue weighted by Crippen LogP contribution is -2.55. The zero-order chi connectivity index (χ0) is 17.2. The van der Waals surface area contributed by atoms with Crippen molar-refractivity contribution in [2.24, 2.45) is 5.92 Å². The third kappa shape index (κ3) is 4.27. The Hall–Kier alpha value is -1.60. The lowest BCUT2D eigenvalue weighted by molar-refractivity contribution is -0.139. The fraction of sp³-hybridized carbons (Fsp3) is 0.588. The number of carbonyl (C=O) groups is 1. The molecule has 1 unspecified atom stereocenters. The fourth-order valence-electron chi connectivity index (χ4n) is 3.12. The highest BCUT2D eigenvalue weighted by molar-refractivity contribution is 7.91. The Labute approximate surface area is 143 Å². The Kier molecular flexibility index (Phi) is 5.10. The Morgan fingerprint density at radius 1 is 1.25 bits per heavy atom. The molecule has 3 rings (SSSR count). The molecule has 0 saturated carbocycles. The van der Waals surface area contributed by atoms with Crippen LogP contribution in [0.1, 0.15) is 6.42 Å². The molecule has 1 aromatic carbocycles. The van der Waals surface area contributed by atoms with E-state index in [0.717, 1.165) is 5.75 Å². The van der Waals surface area contributed by atoms with Gasteiger partial charge in [0.05, 0.1) is 18.1 Å². The van der Waals surface area contributed by atoms with Crippen LogP contribution in [0.25, 0.3) is 0 Å². The minimum Gasteiger partial charge on any atom is -0.493 e. The van der Waals surface area contributed by atoms with E-state index in [4.69, 9.17) is 4.74 Å². The van der Waals surface area contributed by atoms with Crippen LogP contribution in [0.15, 0.2) is 30.3 Å². The van der Waals surface area contributed by atoms with Gasteiger partial charge in [-0.3, -0.25) is 4.79 Å². The van der Waals surface area contributed by atoms with E-state index in [-0.39, 0.29) is 29.9 Å². The van der Waals surface area contributed by atoms with Crippen molar-refractivity contribution in [2.75, 3.05) is 44.8 Å². The molecule has 2 heterocycles. The van der Waals surface area contributed by atoms with E-state index in [1.165, 1.54) is 0 Å². The molecule has 2 fully saturated rings. The Morgan fingerprint density at radius 3 is 2.67 bits per heavy atom. The second-order valence-electron chi connectivity index (χ2n) is 6.74. The molecule has 0 N–H and O–H groups in total. The summed E-state index contributed by atoms with van der Waals surface area (Å²) in [5, 5.41) is 0. The van der Waals surface area contributed by atoms with Gasteiger partial charge in [0.25, 0.3) is 0 Å². The van der Waals surface area contributed by atoms with E-state index in [0.29, 0.717) is 32.2 Å². The Balaban J connectivity index is 1.41. The number of likely N-dealkylation sites (tertiary alicyclic amines) is 1. The van der Waals surface area contributed by atoms with E-state index in [2.05, 4.69) is 0 Å². The molecular weight excluding hydrogens is 328 g/mol. The number of benzene rings is 1. The summed E-state index contributed by atoms with van der Waals surface area (Å²) in [6.07, 6.45) is 0.280. The normalized spacial score (nSPS) is 24.4. The van der Waals surface area contributed by atoms with Crippen molar-refractivity contribution in [3.05, 3.63) is 30.3 Å². The van der Waals surface area contributed by atoms with Gasteiger partial charge in [0.1, 0.15) is 5.75 Å². The second-order valence-corrected chi connectivity index (χ2v) is 8.97. The molecule has 132 valence electrons. The van der Waals surface area contributed by atoms with Crippen molar-refractivity contribution < 1.29 is 17.9 Å². The summed E-state index contributed by atoms with van der Waals surface area (Å²) < 4.78 is 29.2. The van der Waals surface area contributed by atoms with Crippen LogP contribution in [0.5, 0.6) is 5.75 Å². The monoisotopic (exact) mass is 352 g/mol. The molecule has 1 atom stereocenters. The number of hydrogen-bond acceptors (Lipinski definition) is 5. The number of para-hydroxylation sites is 1. The van der Waals surface area contributed by atoms with E-state index in [9.17, 15) is 13.2 Å². The number of ether oxygens (including phenoxy) is 1. The molecular formula is C17H24N2O4S. The number of amides is 1. The van der Waals surface area contributed by atoms with E-state index >= 15 is 0 Å². The highest BCUT2D eigenvalue weighted by Crippen LogP contribution is 2.21. The summed E-state index contributed by atoms with van der Waals surface area (Å²) in [5.41, 5.74) is 0. The first-order valence-electron chi connectivity index (χ1n) is 8.29. The first-order valence-corrected chi connectivity index (χ1v) is 10.1. The molecule has 7 heteroatoms. The molecule has 0 radical (unpaired) electrons. The first-order chi connectivity index (χ1) is 11.4. The van der Waals surface area contributed by atoms with Gasteiger partial charge in [0.2, 0.25) is 5.91 Å². The van der Waals surface area contributed by atoms with Gasteiger partial charge in [-0.1, -0.05) is 18.2 Å². The number of nitrogens with zero attached hydrogens (tertiary/aromatic N) is 2. The molecule has 2 aliphatic heterocycles. The minimum atomic E-state index is -3.01.